The lowest BCUT2D eigenvalue weighted by atomic mass is 9.96. The summed E-state index contributed by atoms with van der Waals surface area (Å²) >= 11 is 0. The SMILES string of the molecule is CC(=O)OC[C@H]1O[C@@H](OCCc2ccc(OC(C)=O)c(OC(C)=O)c2)[C@H](OC(C)=O)[C@H](O[C@@H]2O[C@@H](C)[C@H](OC(C)=O)[C@@H](OC(C)=O)[C@H]2OC(C)=O)[C@@H]1OC(=O)C=Cc1ccc(OC(C)=O)c(OC(C)=O)c1. The maximum Gasteiger partial charge on any atom is 0.331 e. The maximum absolute atomic E-state index is 13.9. The summed E-state index contributed by atoms with van der Waals surface area (Å²) in [6, 6.07) is 8.35. The third-order valence-corrected chi connectivity index (χ3v) is 9.60. The van der Waals surface area contributed by atoms with E-state index in [4.69, 9.17) is 66.3 Å². The molecular formula is C47H54O24. The second-order valence-electron chi connectivity index (χ2n) is 15.7. The van der Waals surface area contributed by atoms with E-state index in [0.717, 1.165) is 68.4 Å². The van der Waals surface area contributed by atoms with Crippen molar-refractivity contribution in [3.8, 4) is 23.0 Å². The molecule has 2 saturated heterocycles. The molecule has 2 aliphatic rings. The van der Waals surface area contributed by atoms with Crippen molar-refractivity contribution < 1.29 is 114 Å². The zero-order valence-electron chi connectivity index (χ0n) is 40.3. The van der Waals surface area contributed by atoms with E-state index in [-0.39, 0.29) is 41.6 Å². The molecule has 0 N–H and O–H groups in total. The van der Waals surface area contributed by atoms with Gasteiger partial charge in [0, 0.05) is 68.4 Å². The Morgan fingerprint density at radius 2 is 0.986 bits per heavy atom. The molecule has 4 rings (SSSR count). The van der Waals surface area contributed by atoms with Crippen LogP contribution in [-0.4, -0.2) is 134 Å². The molecule has 386 valence electrons. The van der Waals surface area contributed by atoms with E-state index in [2.05, 4.69) is 0 Å². The molecule has 10 atom stereocenters. The molecule has 0 amide bonds. The van der Waals surface area contributed by atoms with Crippen molar-refractivity contribution in [2.45, 2.75) is 137 Å². The Bertz CT molecular complexity index is 2360. The second-order valence-corrected chi connectivity index (χ2v) is 15.7. The summed E-state index contributed by atoms with van der Waals surface area (Å²) in [6.45, 7) is 10.3. The van der Waals surface area contributed by atoms with E-state index in [1.54, 1.807) is 6.07 Å². The second kappa shape index (κ2) is 26.1. The lowest BCUT2D eigenvalue weighted by Gasteiger charge is -2.48. The van der Waals surface area contributed by atoms with E-state index in [1.165, 1.54) is 43.3 Å². The molecule has 71 heavy (non-hydrogen) atoms. The molecule has 0 radical (unpaired) electrons. The van der Waals surface area contributed by atoms with E-state index in [9.17, 15) is 47.9 Å². The third kappa shape index (κ3) is 17.6. The number of carbonyl (C=O) groups excluding carboxylic acids is 10. The Labute approximate surface area is 406 Å². The fourth-order valence-corrected chi connectivity index (χ4v) is 7.11. The van der Waals surface area contributed by atoms with Crippen LogP contribution in [0.25, 0.3) is 6.08 Å². The molecule has 0 unspecified atom stereocenters. The Kier molecular flexibility index (Phi) is 20.7. The number of carbonyl (C=O) groups is 10. The van der Waals surface area contributed by atoms with Crippen LogP contribution in [0.2, 0.25) is 0 Å². The molecule has 0 saturated carbocycles. The van der Waals surface area contributed by atoms with Gasteiger partial charge in [-0.3, -0.25) is 43.2 Å². The third-order valence-electron chi connectivity index (χ3n) is 9.60. The normalized spacial score (nSPS) is 23.7. The van der Waals surface area contributed by atoms with Crippen molar-refractivity contribution in [1.29, 1.82) is 0 Å². The van der Waals surface area contributed by atoms with Crippen LogP contribution < -0.4 is 18.9 Å². The first-order valence-electron chi connectivity index (χ1n) is 21.7. The fourth-order valence-electron chi connectivity index (χ4n) is 7.11. The quantitative estimate of drug-likeness (QED) is 0.0845. The van der Waals surface area contributed by atoms with Crippen LogP contribution in [0.4, 0.5) is 0 Å². The highest BCUT2D eigenvalue weighted by atomic mass is 16.8. The lowest BCUT2D eigenvalue weighted by Crippen LogP contribution is -2.66. The molecule has 0 aliphatic carbocycles. The standard InChI is InChI=1S/C47H54O24/c1-22-40(65-28(7)53)42(66-29(8)54)45(68-31(10)56)47(60-22)71-43-41(70-39(57)16-13-32-11-14-34(61-24(3)49)36(19-32)63-26(5)51)38(21-59-23(2)48)69-46(44(43)67-30(9)55)58-18-17-33-12-15-35(62-25(4)50)37(20-33)64-27(6)52/h11-16,19-20,22,38,40-47H,17-18,21H2,1-10H3/t22-,38+,40-,41+,42+,43+,44+,45+,46+,47-/m0/s1. The predicted molar refractivity (Wildman–Crippen MR) is 233 cm³/mol. The number of hydrogen-bond donors (Lipinski definition) is 0. The van der Waals surface area contributed by atoms with Crippen LogP contribution in [0.5, 0.6) is 23.0 Å². The molecule has 24 heteroatoms. The smallest absolute Gasteiger partial charge is 0.331 e. The van der Waals surface area contributed by atoms with E-state index in [1.807, 2.05) is 0 Å². The number of benzene rings is 2. The minimum atomic E-state index is -1.82. The number of ether oxygens (including phenoxy) is 14. The van der Waals surface area contributed by atoms with Gasteiger partial charge in [-0.1, -0.05) is 12.1 Å². The van der Waals surface area contributed by atoms with Gasteiger partial charge in [-0.05, 0) is 54.8 Å². The highest BCUT2D eigenvalue weighted by Crippen LogP contribution is 2.36. The van der Waals surface area contributed by atoms with Crippen molar-refractivity contribution >= 4 is 65.8 Å². The summed E-state index contributed by atoms with van der Waals surface area (Å²) in [5.74, 6) is -8.76. The van der Waals surface area contributed by atoms with Crippen molar-refractivity contribution in [2.24, 2.45) is 0 Å². The van der Waals surface area contributed by atoms with E-state index in [0.29, 0.717) is 5.56 Å². The summed E-state index contributed by atoms with van der Waals surface area (Å²) in [7, 11) is 0. The minimum absolute atomic E-state index is 0.0328. The van der Waals surface area contributed by atoms with Gasteiger partial charge in [0.25, 0.3) is 0 Å². The number of hydrogen-bond acceptors (Lipinski definition) is 24. The Hall–Kier alpha value is -7.28. The maximum atomic E-state index is 13.9. The van der Waals surface area contributed by atoms with Gasteiger partial charge < -0.3 is 66.3 Å². The fraction of sp³-hybridized carbons (Fsp3) is 0.489. The molecule has 2 fully saturated rings. The average molecular weight is 1000 g/mol. The van der Waals surface area contributed by atoms with Crippen LogP contribution >= 0.6 is 0 Å². The average Bonchev–Trinajstić information content (AvgIpc) is 3.24. The van der Waals surface area contributed by atoms with Crippen LogP contribution in [0.15, 0.2) is 42.5 Å². The van der Waals surface area contributed by atoms with Crippen LogP contribution in [0.3, 0.4) is 0 Å². The van der Waals surface area contributed by atoms with Gasteiger partial charge in [-0.2, -0.15) is 0 Å². The van der Waals surface area contributed by atoms with Gasteiger partial charge in [-0.25, -0.2) is 4.79 Å². The van der Waals surface area contributed by atoms with E-state index < -0.39 is 128 Å². The summed E-state index contributed by atoms with van der Waals surface area (Å²) in [6.07, 6.45) is -13.9. The Morgan fingerprint density at radius 3 is 1.52 bits per heavy atom. The Balaban J connectivity index is 1.82. The summed E-state index contributed by atoms with van der Waals surface area (Å²) < 4.78 is 79.3. The van der Waals surface area contributed by atoms with Crippen LogP contribution in [0, 0.1) is 0 Å². The zero-order chi connectivity index (χ0) is 52.7. The molecule has 0 bridgehead atoms. The van der Waals surface area contributed by atoms with Gasteiger partial charge in [0.05, 0.1) is 12.7 Å². The highest BCUT2D eigenvalue weighted by molar-refractivity contribution is 5.87. The molecule has 24 nitrogen and oxygen atoms in total. The molecular weight excluding hydrogens is 948 g/mol. The highest BCUT2D eigenvalue weighted by Gasteiger charge is 2.57. The topological polar surface area (TPSA) is 300 Å². The largest absolute Gasteiger partial charge is 0.463 e. The van der Waals surface area contributed by atoms with Crippen molar-refractivity contribution in [2.75, 3.05) is 13.2 Å². The predicted octanol–water partition coefficient (Wildman–Crippen LogP) is 2.72. The first kappa shape index (κ1) is 56.3. The van der Waals surface area contributed by atoms with Crippen LogP contribution in [-0.2, 0) is 102 Å². The molecule has 0 spiro atoms. The molecule has 2 aromatic carbocycles. The van der Waals surface area contributed by atoms with Gasteiger partial charge in [0.1, 0.15) is 18.8 Å². The molecule has 2 aromatic rings. The first-order valence-corrected chi connectivity index (χ1v) is 21.7. The van der Waals surface area contributed by atoms with Gasteiger partial charge in [-0.15, -0.1) is 0 Å². The summed E-state index contributed by atoms with van der Waals surface area (Å²) in [5, 5.41) is 0. The van der Waals surface area contributed by atoms with Crippen LogP contribution in [0.1, 0.15) is 80.4 Å². The monoisotopic (exact) mass is 1000 g/mol. The molecule has 2 aliphatic heterocycles. The van der Waals surface area contributed by atoms with Crippen molar-refractivity contribution in [1.82, 2.24) is 0 Å². The number of esters is 10. The van der Waals surface area contributed by atoms with Gasteiger partial charge in [0.15, 0.2) is 66.1 Å². The lowest BCUT2D eigenvalue weighted by molar-refractivity contribution is -0.359. The van der Waals surface area contributed by atoms with E-state index >= 15 is 0 Å². The summed E-state index contributed by atoms with van der Waals surface area (Å²) in [5.41, 5.74) is 0.715. The van der Waals surface area contributed by atoms with Gasteiger partial charge in [0.2, 0.25) is 0 Å². The minimum Gasteiger partial charge on any atom is -0.463 e. The summed E-state index contributed by atoms with van der Waals surface area (Å²) in [4.78, 5) is 124. The number of rotatable bonds is 19. The molecule has 2 heterocycles. The van der Waals surface area contributed by atoms with Crippen molar-refractivity contribution in [3.05, 3.63) is 53.6 Å². The molecule has 0 aromatic heterocycles. The zero-order valence-corrected chi connectivity index (χ0v) is 40.3. The first-order chi connectivity index (χ1) is 33.4. The van der Waals surface area contributed by atoms with Gasteiger partial charge >= 0.3 is 59.7 Å². The van der Waals surface area contributed by atoms with Crippen molar-refractivity contribution in [3.63, 3.8) is 0 Å². The Morgan fingerprint density at radius 1 is 0.493 bits per heavy atom.